The molecule has 0 heterocycles. The van der Waals surface area contributed by atoms with Gasteiger partial charge in [0.1, 0.15) is 0 Å². The molecule has 0 aromatic carbocycles. The number of hydrogen-bond donors (Lipinski definition) is 1. The quantitative estimate of drug-likeness (QED) is 0.619. The first-order chi connectivity index (χ1) is 5.20. The van der Waals surface area contributed by atoms with Gasteiger partial charge in [-0.2, -0.15) is 0 Å². The largest absolute Gasteiger partial charge is 0.393 e. The van der Waals surface area contributed by atoms with Crippen molar-refractivity contribution in [2.24, 2.45) is 5.92 Å². The Bertz CT molecular complexity index is 140. The molecular weight excluding hydrogens is 136 g/mol. The van der Waals surface area contributed by atoms with Gasteiger partial charge in [-0.25, -0.2) is 0 Å². The Morgan fingerprint density at radius 1 is 1.55 bits per heavy atom. The summed E-state index contributed by atoms with van der Waals surface area (Å²) >= 11 is 0. The summed E-state index contributed by atoms with van der Waals surface area (Å²) in [6, 6.07) is 0. The van der Waals surface area contributed by atoms with Crippen LogP contribution >= 0.6 is 0 Å². The van der Waals surface area contributed by atoms with Crippen LogP contribution in [0.4, 0.5) is 0 Å². The Labute approximate surface area is 69.1 Å². The molecule has 0 bridgehead atoms. The second kappa shape index (κ2) is 3.91. The fraction of sp³-hybridized carbons (Fsp3) is 0.800. The lowest BCUT2D eigenvalue weighted by Crippen LogP contribution is -2.12. The number of aliphatic hydroxyl groups is 1. The molecule has 64 valence electrons. The van der Waals surface area contributed by atoms with Crippen molar-refractivity contribution in [3.63, 3.8) is 0 Å². The molecule has 1 nitrogen and oxygen atoms in total. The maximum Gasteiger partial charge on any atom is 0.0568 e. The zero-order valence-corrected chi connectivity index (χ0v) is 7.34. The molecule has 2 atom stereocenters. The standard InChI is InChI=1S/C10H18O/c1-8(2)6-7-9-4-3-5-10(9)11/h9-11H,1,3-7H2,2H3. The van der Waals surface area contributed by atoms with Crippen molar-refractivity contribution in [1.82, 2.24) is 0 Å². The SMILES string of the molecule is C=C(C)CCC1CCCC1O. The third-order valence-corrected chi connectivity index (χ3v) is 2.56. The first-order valence-corrected chi connectivity index (χ1v) is 4.52. The summed E-state index contributed by atoms with van der Waals surface area (Å²) in [6.07, 6.45) is 5.64. The maximum absolute atomic E-state index is 9.47. The summed E-state index contributed by atoms with van der Waals surface area (Å²) in [4.78, 5) is 0. The van der Waals surface area contributed by atoms with Crippen LogP contribution in [0.5, 0.6) is 0 Å². The monoisotopic (exact) mass is 154 g/mol. The van der Waals surface area contributed by atoms with Crippen molar-refractivity contribution in [1.29, 1.82) is 0 Å². The van der Waals surface area contributed by atoms with Crippen molar-refractivity contribution in [3.05, 3.63) is 12.2 Å². The van der Waals surface area contributed by atoms with E-state index in [2.05, 4.69) is 13.5 Å². The lowest BCUT2D eigenvalue weighted by molar-refractivity contribution is 0.128. The normalized spacial score (nSPS) is 30.7. The van der Waals surface area contributed by atoms with Crippen LogP contribution in [0.1, 0.15) is 39.0 Å². The Morgan fingerprint density at radius 2 is 2.27 bits per heavy atom. The van der Waals surface area contributed by atoms with E-state index in [0.29, 0.717) is 5.92 Å². The molecule has 1 fully saturated rings. The van der Waals surface area contributed by atoms with E-state index in [0.717, 1.165) is 19.3 Å². The molecule has 11 heavy (non-hydrogen) atoms. The average Bonchev–Trinajstić information content (AvgIpc) is 2.31. The highest BCUT2D eigenvalue weighted by Crippen LogP contribution is 2.29. The molecule has 0 aromatic heterocycles. The van der Waals surface area contributed by atoms with E-state index >= 15 is 0 Å². The summed E-state index contributed by atoms with van der Waals surface area (Å²) < 4.78 is 0. The van der Waals surface area contributed by atoms with E-state index in [1.807, 2.05) is 0 Å². The van der Waals surface area contributed by atoms with Crippen molar-refractivity contribution < 1.29 is 5.11 Å². The fourth-order valence-corrected chi connectivity index (χ4v) is 1.79. The van der Waals surface area contributed by atoms with E-state index < -0.39 is 0 Å². The molecular formula is C10H18O. The lowest BCUT2D eigenvalue weighted by atomic mass is 9.97. The summed E-state index contributed by atoms with van der Waals surface area (Å²) in [5, 5.41) is 9.47. The Kier molecular flexibility index (Phi) is 3.13. The first-order valence-electron chi connectivity index (χ1n) is 4.52. The van der Waals surface area contributed by atoms with E-state index in [1.165, 1.54) is 18.4 Å². The van der Waals surface area contributed by atoms with Gasteiger partial charge in [-0.1, -0.05) is 12.0 Å². The summed E-state index contributed by atoms with van der Waals surface area (Å²) in [5.74, 6) is 0.562. The third kappa shape index (κ3) is 2.66. The van der Waals surface area contributed by atoms with Gasteiger partial charge in [0.2, 0.25) is 0 Å². The van der Waals surface area contributed by atoms with Crippen molar-refractivity contribution >= 4 is 0 Å². The van der Waals surface area contributed by atoms with Gasteiger partial charge in [-0.3, -0.25) is 0 Å². The third-order valence-electron chi connectivity index (χ3n) is 2.56. The summed E-state index contributed by atoms with van der Waals surface area (Å²) in [6.45, 7) is 5.92. The molecule has 1 saturated carbocycles. The van der Waals surface area contributed by atoms with Crippen LogP contribution in [0.2, 0.25) is 0 Å². The van der Waals surface area contributed by atoms with E-state index in [-0.39, 0.29) is 6.10 Å². The predicted molar refractivity (Wildman–Crippen MR) is 47.4 cm³/mol. The lowest BCUT2D eigenvalue weighted by Gasteiger charge is -2.13. The van der Waals surface area contributed by atoms with Gasteiger partial charge in [0.15, 0.2) is 0 Å². The van der Waals surface area contributed by atoms with E-state index in [9.17, 15) is 5.11 Å². The predicted octanol–water partition coefficient (Wildman–Crippen LogP) is 2.50. The van der Waals surface area contributed by atoms with Crippen LogP contribution in [-0.2, 0) is 0 Å². The Balaban J connectivity index is 2.20. The van der Waals surface area contributed by atoms with Crippen LogP contribution < -0.4 is 0 Å². The topological polar surface area (TPSA) is 20.2 Å². The molecule has 0 aliphatic heterocycles. The van der Waals surface area contributed by atoms with Crippen LogP contribution in [-0.4, -0.2) is 11.2 Å². The van der Waals surface area contributed by atoms with Crippen LogP contribution in [0, 0.1) is 5.92 Å². The highest BCUT2D eigenvalue weighted by atomic mass is 16.3. The second-order valence-electron chi connectivity index (χ2n) is 3.75. The van der Waals surface area contributed by atoms with Gasteiger partial charge in [0, 0.05) is 0 Å². The molecule has 0 saturated heterocycles. The molecule has 1 N–H and O–H groups in total. The molecule has 1 rings (SSSR count). The van der Waals surface area contributed by atoms with Crippen LogP contribution in [0.25, 0.3) is 0 Å². The van der Waals surface area contributed by atoms with Gasteiger partial charge < -0.3 is 5.11 Å². The maximum atomic E-state index is 9.47. The summed E-state index contributed by atoms with van der Waals surface area (Å²) in [7, 11) is 0. The van der Waals surface area contributed by atoms with Gasteiger partial charge in [0.05, 0.1) is 6.10 Å². The van der Waals surface area contributed by atoms with Crippen LogP contribution in [0.15, 0.2) is 12.2 Å². The molecule has 1 heteroatoms. The van der Waals surface area contributed by atoms with Crippen molar-refractivity contribution in [2.45, 2.75) is 45.1 Å². The number of hydrogen-bond acceptors (Lipinski definition) is 1. The number of aliphatic hydroxyl groups excluding tert-OH is 1. The Hall–Kier alpha value is -0.300. The van der Waals surface area contributed by atoms with Gasteiger partial charge in [-0.05, 0) is 38.5 Å². The first kappa shape index (κ1) is 8.79. The van der Waals surface area contributed by atoms with Crippen molar-refractivity contribution in [3.8, 4) is 0 Å². The van der Waals surface area contributed by atoms with Gasteiger partial charge in [0.25, 0.3) is 0 Å². The number of allylic oxidation sites excluding steroid dienone is 1. The zero-order chi connectivity index (χ0) is 8.27. The minimum Gasteiger partial charge on any atom is -0.393 e. The Morgan fingerprint density at radius 3 is 2.73 bits per heavy atom. The van der Waals surface area contributed by atoms with Gasteiger partial charge in [-0.15, -0.1) is 6.58 Å². The minimum absolute atomic E-state index is 0.0191. The van der Waals surface area contributed by atoms with Gasteiger partial charge >= 0.3 is 0 Å². The minimum atomic E-state index is -0.0191. The molecule has 0 aromatic rings. The molecule has 0 radical (unpaired) electrons. The van der Waals surface area contributed by atoms with Crippen molar-refractivity contribution in [2.75, 3.05) is 0 Å². The summed E-state index contributed by atoms with van der Waals surface area (Å²) in [5.41, 5.74) is 1.24. The molecule has 2 unspecified atom stereocenters. The fourth-order valence-electron chi connectivity index (χ4n) is 1.79. The highest BCUT2D eigenvalue weighted by molar-refractivity contribution is 4.90. The number of rotatable bonds is 3. The molecule has 1 aliphatic carbocycles. The smallest absolute Gasteiger partial charge is 0.0568 e. The highest BCUT2D eigenvalue weighted by Gasteiger charge is 2.24. The molecule has 0 amide bonds. The second-order valence-corrected chi connectivity index (χ2v) is 3.75. The zero-order valence-electron chi connectivity index (χ0n) is 7.34. The molecule has 0 spiro atoms. The average molecular weight is 154 g/mol. The van der Waals surface area contributed by atoms with E-state index in [4.69, 9.17) is 0 Å². The van der Waals surface area contributed by atoms with E-state index in [1.54, 1.807) is 0 Å². The molecule has 1 aliphatic rings. The van der Waals surface area contributed by atoms with Crippen LogP contribution in [0.3, 0.4) is 0 Å².